The summed E-state index contributed by atoms with van der Waals surface area (Å²) in [4.78, 5) is 12.9. The smallest absolute Gasteiger partial charge is 0.220 e. The summed E-state index contributed by atoms with van der Waals surface area (Å²) in [6.07, 6.45) is 0.554. The number of nitrogens with one attached hydrogen (secondary N) is 1. The summed E-state index contributed by atoms with van der Waals surface area (Å²) in [5, 5.41) is 16.6. The second kappa shape index (κ2) is 8.87. The van der Waals surface area contributed by atoms with Crippen LogP contribution in [0.5, 0.6) is 0 Å². The van der Waals surface area contributed by atoms with Gasteiger partial charge < -0.3 is 10.4 Å². The molecule has 2 rings (SSSR count). The Morgan fingerprint density at radius 3 is 2.81 bits per heavy atom. The van der Waals surface area contributed by atoms with Crippen LogP contribution >= 0.6 is 23.1 Å². The first-order valence-corrected chi connectivity index (χ1v) is 8.83. The lowest BCUT2D eigenvalue weighted by Crippen LogP contribution is -2.25. The number of rotatable bonds is 8. The lowest BCUT2D eigenvalue weighted by atomic mass is 10.1. The van der Waals surface area contributed by atoms with E-state index >= 15 is 0 Å². The highest BCUT2D eigenvalue weighted by atomic mass is 32.2. The molecule has 0 aliphatic rings. The molecule has 112 valence electrons. The molecule has 1 aromatic carbocycles. The molecule has 21 heavy (non-hydrogen) atoms. The molecule has 1 aromatic heterocycles. The quantitative estimate of drug-likeness (QED) is 0.732. The fraction of sp³-hybridized carbons (Fsp3) is 0.312. The summed E-state index contributed by atoms with van der Waals surface area (Å²) in [7, 11) is 0. The van der Waals surface area contributed by atoms with Gasteiger partial charge in [-0.15, -0.1) is 11.8 Å². The highest BCUT2D eigenvalue weighted by molar-refractivity contribution is 7.99. The number of aliphatic hydroxyl groups excluding tert-OH is 1. The van der Waals surface area contributed by atoms with Gasteiger partial charge in [0.1, 0.15) is 0 Å². The van der Waals surface area contributed by atoms with Crippen LogP contribution in [0.1, 0.15) is 24.5 Å². The van der Waals surface area contributed by atoms with Crippen LogP contribution in [-0.2, 0) is 4.79 Å². The lowest BCUT2D eigenvalue weighted by Gasteiger charge is -2.10. The number of aliphatic hydroxyl groups is 1. The van der Waals surface area contributed by atoms with E-state index in [2.05, 4.69) is 5.32 Å². The molecular formula is C16H19NO2S2. The first kappa shape index (κ1) is 16.1. The van der Waals surface area contributed by atoms with Crippen molar-refractivity contribution in [1.29, 1.82) is 0 Å². The molecule has 3 nitrogen and oxygen atoms in total. The van der Waals surface area contributed by atoms with Crippen molar-refractivity contribution in [2.75, 3.05) is 12.3 Å². The van der Waals surface area contributed by atoms with Crippen LogP contribution in [0.25, 0.3) is 0 Å². The number of benzene rings is 1. The van der Waals surface area contributed by atoms with Crippen LogP contribution in [0, 0.1) is 0 Å². The molecule has 0 aliphatic heterocycles. The van der Waals surface area contributed by atoms with Gasteiger partial charge in [-0.3, -0.25) is 4.79 Å². The van der Waals surface area contributed by atoms with E-state index in [1.54, 1.807) is 23.1 Å². The van der Waals surface area contributed by atoms with Crippen LogP contribution in [0.15, 0.2) is 52.1 Å². The number of thioether (sulfide) groups is 1. The predicted molar refractivity (Wildman–Crippen MR) is 88.7 cm³/mol. The van der Waals surface area contributed by atoms with Crippen LogP contribution in [-0.4, -0.2) is 23.3 Å². The molecule has 0 saturated heterocycles. The predicted octanol–water partition coefficient (Wildman–Crippen LogP) is 3.47. The third-order valence-electron chi connectivity index (χ3n) is 3.01. The van der Waals surface area contributed by atoms with Gasteiger partial charge in [-0.1, -0.05) is 18.2 Å². The van der Waals surface area contributed by atoms with E-state index < -0.39 is 6.10 Å². The largest absolute Gasteiger partial charge is 0.388 e. The maximum atomic E-state index is 11.7. The Morgan fingerprint density at radius 2 is 2.10 bits per heavy atom. The monoisotopic (exact) mass is 321 g/mol. The van der Waals surface area contributed by atoms with Gasteiger partial charge in [-0.25, -0.2) is 0 Å². The molecule has 1 atom stereocenters. The van der Waals surface area contributed by atoms with Crippen molar-refractivity contribution < 1.29 is 9.90 Å². The van der Waals surface area contributed by atoms with Crippen molar-refractivity contribution in [2.45, 2.75) is 23.8 Å². The van der Waals surface area contributed by atoms with Gasteiger partial charge in [0, 0.05) is 23.6 Å². The van der Waals surface area contributed by atoms with Crippen LogP contribution < -0.4 is 5.32 Å². The van der Waals surface area contributed by atoms with Gasteiger partial charge in [0.25, 0.3) is 0 Å². The number of carbonyl (C=O) groups excluding carboxylic acids is 1. The number of hydrogen-bond acceptors (Lipinski definition) is 4. The van der Waals surface area contributed by atoms with E-state index in [9.17, 15) is 9.90 Å². The van der Waals surface area contributed by atoms with Gasteiger partial charge >= 0.3 is 0 Å². The normalized spacial score (nSPS) is 12.0. The Kier molecular flexibility index (Phi) is 6.79. The molecule has 1 amide bonds. The summed E-state index contributed by atoms with van der Waals surface area (Å²) < 4.78 is 0. The topological polar surface area (TPSA) is 49.3 Å². The lowest BCUT2D eigenvalue weighted by molar-refractivity contribution is -0.120. The average molecular weight is 321 g/mol. The summed E-state index contributed by atoms with van der Waals surface area (Å²) in [5.74, 6) is 0.805. The Morgan fingerprint density at radius 1 is 1.29 bits per heavy atom. The van der Waals surface area contributed by atoms with Gasteiger partial charge in [0.2, 0.25) is 5.91 Å². The minimum Gasteiger partial charge on any atom is -0.388 e. The molecule has 0 bridgehead atoms. The van der Waals surface area contributed by atoms with Crippen molar-refractivity contribution in [1.82, 2.24) is 5.32 Å². The Balaban J connectivity index is 1.57. The molecule has 5 heteroatoms. The molecule has 0 aliphatic carbocycles. The number of hydrogen-bond donors (Lipinski definition) is 2. The number of thiophene rings is 1. The number of amides is 1. The maximum absolute atomic E-state index is 11.7. The zero-order valence-electron chi connectivity index (χ0n) is 11.7. The van der Waals surface area contributed by atoms with Gasteiger partial charge in [-0.2, -0.15) is 11.3 Å². The fourth-order valence-corrected chi connectivity index (χ4v) is 3.43. The van der Waals surface area contributed by atoms with Crippen molar-refractivity contribution in [3.05, 3.63) is 52.7 Å². The molecule has 2 aromatic rings. The van der Waals surface area contributed by atoms with Crippen LogP contribution in [0.2, 0.25) is 0 Å². The van der Waals surface area contributed by atoms with E-state index in [1.165, 1.54) is 4.90 Å². The van der Waals surface area contributed by atoms with Gasteiger partial charge in [-0.05, 0) is 40.9 Å². The first-order chi connectivity index (χ1) is 10.3. The highest BCUT2D eigenvalue weighted by Crippen LogP contribution is 2.19. The third-order valence-corrected chi connectivity index (χ3v) is 4.72. The number of carbonyl (C=O) groups is 1. The SMILES string of the molecule is O=C(CCSc1ccccc1)NCCC(O)c1ccsc1. The summed E-state index contributed by atoms with van der Waals surface area (Å²) >= 11 is 3.24. The fourth-order valence-electron chi connectivity index (χ4n) is 1.85. The molecule has 0 radical (unpaired) electrons. The Labute approximate surface area is 133 Å². The van der Waals surface area contributed by atoms with E-state index in [0.717, 1.165) is 11.3 Å². The van der Waals surface area contributed by atoms with Gasteiger partial charge in [0.05, 0.1) is 6.10 Å². The van der Waals surface area contributed by atoms with E-state index in [4.69, 9.17) is 0 Å². The second-order valence-electron chi connectivity index (χ2n) is 4.62. The highest BCUT2D eigenvalue weighted by Gasteiger charge is 2.08. The van der Waals surface area contributed by atoms with Gasteiger partial charge in [0.15, 0.2) is 0 Å². The molecule has 1 unspecified atom stereocenters. The molecule has 0 spiro atoms. The van der Waals surface area contributed by atoms with Crippen LogP contribution in [0.3, 0.4) is 0 Å². The van der Waals surface area contributed by atoms with Crippen LogP contribution in [0.4, 0.5) is 0 Å². The molecule has 1 heterocycles. The van der Waals surface area contributed by atoms with E-state index in [1.807, 2.05) is 47.2 Å². The molecule has 2 N–H and O–H groups in total. The van der Waals surface area contributed by atoms with Crippen molar-refractivity contribution >= 4 is 29.0 Å². The first-order valence-electron chi connectivity index (χ1n) is 6.90. The molecule has 0 saturated carbocycles. The summed E-state index contributed by atoms with van der Waals surface area (Å²) in [5.41, 5.74) is 0.925. The standard InChI is InChI=1S/C16H19NO2S2/c18-15(13-7-10-20-12-13)6-9-17-16(19)8-11-21-14-4-2-1-3-5-14/h1-5,7,10,12,15,18H,6,8-9,11H2,(H,17,19). The van der Waals surface area contributed by atoms with E-state index in [0.29, 0.717) is 19.4 Å². The third kappa shape index (κ3) is 5.91. The molecular weight excluding hydrogens is 302 g/mol. The zero-order valence-corrected chi connectivity index (χ0v) is 13.3. The summed E-state index contributed by atoms with van der Waals surface area (Å²) in [6.45, 7) is 0.506. The second-order valence-corrected chi connectivity index (χ2v) is 6.57. The average Bonchev–Trinajstić information content (AvgIpc) is 3.02. The van der Waals surface area contributed by atoms with Crippen molar-refractivity contribution in [3.8, 4) is 0 Å². The minimum atomic E-state index is -0.491. The minimum absolute atomic E-state index is 0.0379. The summed E-state index contributed by atoms with van der Waals surface area (Å²) in [6, 6.07) is 12.0. The Bertz CT molecular complexity index is 528. The maximum Gasteiger partial charge on any atom is 0.220 e. The zero-order chi connectivity index (χ0) is 14.9. The molecule has 0 fully saturated rings. The van der Waals surface area contributed by atoms with Crippen molar-refractivity contribution in [2.24, 2.45) is 0 Å². The Hall–Kier alpha value is -1.30. The van der Waals surface area contributed by atoms with E-state index in [-0.39, 0.29) is 5.91 Å². The van der Waals surface area contributed by atoms with Crippen molar-refractivity contribution in [3.63, 3.8) is 0 Å².